The maximum atomic E-state index is 5.47. The fourth-order valence-electron chi connectivity index (χ4n) is 0.342. The Morgan fingerprint density at radius 1 is 2.00 bits per heavy atom. The van der Waals surface area contributed by atoms with Crippen molar-refractivity contribution in [3.63, 3.8) is 0 Å². The van der Waals surface area contributed by atoms with Gasteiger partial charge in [0, 0.05) is 11.8 Å². The van der Waals surface area contributed by atoms with Crippen molar-refractivity contribution in [2.45, 2.75) is 6.92 Å². The normalized spacial score (nSPS) is 20.0. The Hall–Kier alpha value is -0.170. The Morgan fingerprint density at radius 2 is 2.57 bits per heavy atom. The van der Waals surface area contributed by atoms with Crippen LogP contribution in [0.4, 0.5) is 0 Å². The monoisotopic (exact) mass is 118 g/mol. The second-order valence-corrected chi connectivity index (χ2v) is 2.00. The molecule has 0 aliphatic carbocycles. The minimum atomic E-state index is 0.418. The van der Waals surface area contributed by atoms with E-state index in [4.69, 9.17) is 16.3 Å². The standard InChI is InChI=1S/C5H7ClO/c1-4(2-6)5-3-7-5/h3-4H,2H2,1H3. The lowest BCUT2D eigenvalue weighted by molar-refractivity contribution is 0.451. The Kier molecular flexibility index (Phi) is 1.24. The second kappa shape index (κ2) is 1.74. The maximum absolute atomic E-state index is 5.47. The average molecular weight is 119 g/mol. The van der Waals surface area contributed by atoms with Crippen molar-refractivity contribution in [3.8, 4) is 0 Å². The number of rotatable bonds is 2. The number of ether oxygens (including phenoxy) is 1. The molecule has 0 N–H and O–H groups in total. The van der Waals surface area contributed by atoms with Crippen LogP contribution >= 0.6 is 11.6 Å². The molecule has 1 aliphatic rings. The van der Waals surface area contributed by atoms with Crippen molar-refractivity contribution in [2.24, 2.45) is 5.92 Å². The first kappa shape index (κ1) is 4.98. The number of hydrogen-bond donors (Lipinski definition) is 0. The third kappa shape index (κ3) is 1.10. The van der Waals surface area contributed by atoms with Crippen LogP contribution < -0.4 is 0 Å². The van der Waals surface area contributed by atoms with Gasteiger partial charge in [-0.1, -0.05) is 6.92 Å². The van der Waals surface area contributed by atoms with Gasteiger partial charge in [-0.3, -0.25) is 0 Å². The van der Waals surface area contributed by atoms with E-state index >= 15 is 0 Å². The fraction of sp³-hybridized carbons (Fsp3) is 0.600. The molecule has 0 bridgehead atoms. The number of hydrogen-bond acceptors (Lipinski definition) is 1. The van der Waals surface area contributed by atoms with Gasteiger partial charge in [0.05, 0.1) is 0 Å². The van der Waals surface area contributed by atoms with Gasteiger partial charge in [0.2, 0.25) is 0 Å². The lowest BCUT2D eigenvalue weighted by Gasteiger charge is -1.93. The Morgan fingerprint density at radius 3 is 2.71 bits per heavy atom. The summed E-state index contributed by atoms with van der Waals surface area (Å²) in [5.74, 6) is 2.11. The zero-order valence-corrected chi connectivity index (χ0v) is 4.90. The fourth-order valence-corrected chi connectivity index (χ4v) is 0.494. The molecule has 0 aromatic carbocycles. The highest BCUT2D eigenvalue weighted by atomic mass is 35.5. The summed E-state index contributed by atoms with van der Waals surface area (Å²) in [6, 6.07) is 0. The molecule has 0 saturated carbocycles. The van der Waals surface area contributed by atoms with Crippen molar-refractivity contribution in [1.29, 1.82) is 0 Å². The first-order valence-corrected chi connectivity index (χ1v) is 2.80. The number of allylic oxidation sites excluding steroid dienone is 1. The van der Waals surface area contributed by atoms with Crippen LogP contribution in [0.1, 0.15) is 6.92 Å². The minimum Gasteiger partial charge on any atom is -0.462 e. The third-order valence-corrected chi connectivity index (χ3v) is 1.43. The molecule has 0 fully saturated rings. The molecule has 7 heavy (non-hydrogen) atoms. The smallest absolute Gasteiger partial charge is 0.142 e. The van der Waals surface area contributed by atoms with Crippen molar-refractivity contribution in [1.82, 2.24) is 0 Å². The van der Waals surface area contributed by atoms with Crippen LogP contribution in [0.2, 0.25) is 0 Å². The minimum absolute atomic E-state index is 0.418. The highest BCUT2D eigenvalue weighted by Gasteiger charge is 2.16. The van der Waals surface area contributed by atoms with Gasteiger partial charge in [0.15, 0.2) is 0 Å². The molecule has 0 amide bonds. The third-order valence-electron chi connectivity index (χ3n) is 0.971. The van der Waals surface area contributed by atoms with E-state index in [1.54, 1.807) is 6.26 Å². The summed E-state index contributed by atoms with van der Waals surface area (Å²) in [5.41, 5.74) is 0. The first-order chi connectivity index (χ1) is 3.34. The molecule has 1 aliphatic heterocycles. The summed E-state index contributed by atoms with van der Waals surface area (Å²) < 4.78 is 4.77. The molecular weight excluding hydrogens is 112 g/mol. The predicted molar refractivity (Wildman–Crippen MR) is 29.1 cm³/mol. The molecule has 40 valence electrons. The Labute approximate surface area is 47.9 Å². The highest BCUT2D eigenvalue weighted by molar-refractivity contribution is 6.18. The van der Waals surface area contributed by atoms with Crippen LogP contribution in [0.3, 0.4) is 0 Å². The molecule has 1 unspecified atom stereocenters. The molecule has 1 nitrogen and oxygen atoms in total. The van der Waals surface area contributed by atoms with Gasteiger partial charge in [-0.05, 0) is 0 Å². The molecule has 0 saturated heterocycles. The zero-order chi connectivity index (χ0) is 5.28. The van der Waals surface area contributed by atoms with Crippen LogP contribution in [0.25, 0.3) is 0 Å². The Bertz CT molecular complexity index is 98.3. The van der Waals surface area contributed by atoms with Crippen LogP contribution in [-0.4, -0.2) is 5.88 Å². The summed E-state index contributed by atoms with van der Waals surface area (Å²) in [5, 5.41) is 0. The predicted octanol–water partition coefficient (Wildman–Crippen LogP) is 1.73. The van der Waals surface area contributed by atoms with Gasteiger partial charge in [0.25, 0.3) is 0 Å². The largest absolute Gasteiger partial charge is 0.462 e. The van der Waals surface area contributed by atoms with Crippen LogP contribution in [0.15, 0.2) is 12.0 Å². The lowest BCUT2D eigenvalue weighted by atomic mass is 10.2. The first-order valence-electron chi connectivity index (χ1n) is 2.27. The molecule has 0 aromatic heterocycles. The molecule has 0 radical (unpaired) electrons. The van der Waals surface area contributed by atoms with Crippen molar-refractivity contribution < 1.29 is 4.74 Å². The number of halogens is 1. The van der Waals surface area contributed by atoms with Crippen molar-refractivity contribution in [3.05, 3.63) is 12.0 Å². The van der Waals surface area contributed by atoms with Gasteiger partial charge in [0.1, 0.15) is 12.0 Å². The van der Waals surface area contributed by atoms with Crippen molar-refractivity contribution >= 4 is 11.6 Å². The Balaban J connectivity index is 2.24. The quantitative estimate of drug-likeness (QED) is 0.503. The van der Waals surface area contributed by atoms with E-state index in [1.165, 1.54) is 0 Å². The molecule has 1 rings (SSSR count). The SMILES string of the molecule is CC(CCl)C1=CO1. The molecular formula is C5H7ClO. The molecule has 1 heterocycles. The molecule has 0 aromatic rings. The second-order valence-electron chi connectivity index (χ2n) is 1.69. The summed E-state index contributed by atoms with van der Waals surface area (Å²) >= 11 is 5.47. The lowest BCUT2D eigenvalue weighted by Crippen LogP contribution is -1.91. The van der Waals surface area contributed by atoms with E-state index < -0.39 is 0 Å². The molecule has 2 heteroatoms. The van der Waals surface area contributed by atoms with Crippen molar-refractivity contribution in [2.75, 3.05) is 5.88 Å². The highest BCUT2D eigenvalue weighted by Crippen LogP contribution is 2.23. The van der Waals surface area contributed by atoms with Crippen LogP contribution in [0.5, 0.6) is 0 Å². The zero-order valence-electron chi connectivity index (χ0n) is 4.15. The van der Waals surface area contributed by atoms with E-state index in [-0.39, 0.29) is 0 Å². The maximum Gasteiger partial charge on any atom is 0.142 e. The van der Waals surface area contributed by atoms with Gasteiger partial charge < -0.3 is 4.74 Å². The van der Waals surface area contributed by atoms with E-state index in [0.717, 1.165) is 5.76 Å². The van der Waals surface area contributed by atoms with Gasteiger partial charge in [-0.25, -0.2) is 0 Å². The van der Waals surface area contributed by atoms with Gasteiger partial charge in [-0.15, -0.1) is 11.6 Å². The van der Waals surface area contributed by atoms with Crippen LogP contribution in [-0.2, 0) is 4.74 Å². The van der Waals surface area contributed by atoms with E-state index in [1.807, 2.05) is 6.92 Å². The van der Waals surface area contributed by atoms with E-state index in [0.29, 0.717) is 11.8 Å². The number of alkyl halides is 1. The summed E-state index contributed by atoms with van der Waals surface area (Å²) in [6.45, 7) is 2.03. The van der Waals surface area contributed by atoms with E-state index in [9.17, 15) is 0 Å². The molecule has 1 atom stereocenters. The summed E-state index contributed by atoms with van der Waals surface area (Å²) in [6.07, 6.45) is 1.73. The molecule has 0 spiro atoms. The summed E-state index contributed by atoms with van der Waals surface area (Å²) in [7, 11) is 0. The van der Waals surface area contributed by atoms with Gasteiger partial charge in [-0.2, -0.15) is 0 Å². The van der Waals surface area contributed by atoms with Gasteiger partial charge >= 0.3 is 0 Å². The topological polar surface area (TPSA) is 12.5 Å². The summed E-state index contributed by atoms with van der Waals surface area (Å²) in [4.78, 5) is 0. The van der Waals surface area contributed by atoms with E-state index in [2.05, 4.69) is 0 Å². The van der Waals surface area contributed by atoms with Crippen LogP contribution in [0, 0.1) is 5.92 Å². The average Bonchev–Trinajstić information content (AvgIpc) is 2.44.